The van der Waals surface area contributed by atoms with Crippen LogP contribution >= 0.6 is 15.9 Å². The highest BCUT2D eigenvalue weighted by atomic mass is 79.9. The van der Waals surface area contributed by atoms with E-state index in [1.807, 2.05) is 0 Å². The maximum Gasteiger partial charge on any atom is 0.213 e. The maximum absolute atomic E-state index is 8.87. The zero-order valence-electron chi connectivity index (χ0n) is 7.20. The Bertz CT molecular complexity index is 293. The van der Waals surface area contributed by atoms with Gasteiger partial charge in [0.1, 0.15) is 0 Å². The van der Waals surface area contributed by atoms with Crippen molar-refractivity contribution in [3.8, 4) is 5.88 Å². The van der Waals surface area contributed by atoms with Crippen LogP contribution in [0.2, 0.25) is 0 Å². The van der Waals surface area contributed by atoms with Crippen LogP contribution in [0.15, 0.2) is 16.7 Å². The van der Waals surface area contributed by atoms with Gasteiger partial charge in [0, 0.05) is 16.7 Å². The van der Waals surface area contributed by atoms with Crippen LogP contribution in [-0.4, -0.2) is 23.8 Å². The largest absolute Gasteiger partial charge is 0.481 e. The van der Waals surface area contributed by atoms with E-state index in [4.69, 9.17) is 15.6 Å². The van der Waals surface area contributed by atoms with E-state index in [9.17, 15) is 0 Å². The fraction of sp³-hybridized carbons (Fsp3) is 0.375. The summed E-state index contributed by atoms with van der Waals surface area (Å²) in [5.41, 5.74) is 6.44. The van der Waals surface area contributed by atoms with Gasteiger partial charge in [-0.3, -0.25) is 0 Å². The molecule has 0 fully saturated rings. The summed E-state index contributed by atoms with van der Waals surface area (Å²) >= 11 is 3.29. The van der Waals surface area contributed by atoms with Crippen LogP contribution in [0.25, 0.3) is 0 Å². The van der Waals surface area contributed by atoms with Crippen molar-refractivity contribution in [2.75, 3.05) is 13.7 Å². The van der Waals surface area contributed by atoms with Gasteiger partial charge in [-0.2, -0.15) is 0 Å². The molecule has 5 heteroatoms. The van der Waals surface area contributed by atoms with Gasteiger partial charge < -0.3 is 15.6 Å². The number of hydrogen-bond acceptors (Lipinski definition) is 4. The number of methoxy groups -OCH3 is 1. The Kier molecular flexibility index (Phi) is 3.65. The first-order valence-corrected chi connectivity index (χ1v) is 4.54. The molecule has 0 bridgehead atoms. The van der Waals surface area contributed by atoms with Crippen LogP contribution < -0.4 is 10.5 Å². The molecule has 0 amide bonds. The molecule has 1 heterocycles. The zero-order chi connectivity index (χ0) is 9.84. The fourth-order valence-corrected chi connectivity index (χ4v) is 1.44. The highest BCUT2D eigenvalue weighted by Gasteiger charge is 2.10. The lowest BCUT2D eigenvalue weighted by Gasteiger charge is -2.11. The lowest BCUT2D eigenvalue weighted by Crippen LogP contribution is -2.15. The van der Waals surface area contributed by atoms with E-state index >= 15 is 0 Å². The number of nitrogens with zero attached hydrogens (tertiary/aromatic N) is 1. The highest BCUT2D eigenvalue weighted by Crippen LogP contribution is 2.24. The van der Waals surface area contributed by atoms with Gasteiger partial charge in [-0.15, -0.1) is 0 Å². The summed E-state index contributed by atoms with van der Waals surface area (Å²) in [6, 6.07) is 1.29. The second-order valence-corrected chi connectivity index (χ2v) is 3.39. The van der Waals surface area contributed by atoms with E-state index in [0.29, 0.717) is 5.88 Å². The third-order valence-electron chi connectivity index (χ3n) is 1.67. The van der Waals surface area contributed by atoms with E-state index in [-0.39, 0.29) is 6.61 Å². The van der Waals surface area contributed by atoms with Gasteiger partial charge in [0.15, 0.2) is 0 Å². The molecular formula is C8H11BrN2O2. The van der Waals surface area contributed by atoms with E-state index < -0.39 is 6.04 Å². The minimum absolute atomic E-state index is 0.105. The average molecular weight is 247 g/mol. The predicted molar refractivity (Wildman–Crippen MR) is 52.5 cm³/mol. The minimum atomic E-state index is -0.411. The van der Waals surface area contributed by atoms with Crippen molar-refractivity contribution >= 4 is 15.9 Å². The first kappa shape index (κ1) is 10.4. The average Bonchev–Trinajstić information content (AvgIpc) is 2.17. The number of halogens is 1. The number of aliphatic hydroxyl groups excluding tert-OH is 1. The van der Waals surface area contributed by atoms with Crippen LogP contribution in [0.1, 0.15) is 11.6 Å². The van der Waals surface area contributed by atoms with Crippen LogP contribution in [0, 0.1) is 0 Å². The SMILES string of the molecule is COc1cc(C(N)CO)c(Br)cn1. The van der Waals surface area contributed by atoms with Gasteiger partial charge in [-0.25, -0.2) is 4.98 Å². The van der Waals surface area contributed by atoms with E-state index in [2.05, 4.69) is 20.9 Å². The molecule has 0 aliphatic rings. The summed E-state index contributed by atoms with van der Waals surface area (Å²) in [5.74, 6) is 0.488. The molecule has 0 spiro atoms. The Labute approximate surface area is 84.9 Å². The molecule has 0 aromatic carbocycles. The maximum atomic E-state index is 8.87. The number of rotatable bonds is 3. The van der Waals surface area contributed by atoms with Gasteiger partial charge in [0.2, 0.25) is 5.88 Å². The molecule has 1 unspecified atom stereocenters. The van der Waals surface area contributed by atoms with Crippen molar-refractivity contribution in [3.05, 3.63) is 22.3 Å². The molecule has 4 nitrogen and oxygen atoms in total. The first-order chi connectivity index (χ1) is 6.19. The molecule has 3 N–H and O–H groups in total. The highest BCUT2D eigenvalue weighted by molar-refractivity contribution is 9.10. The first-order valence-electron chi connectivity index (χ1n) is 3.75. The van der Waals surface area contributed by atoms with Crippen LogP contribution in [0.3, 0.4) is 0 Å². The van der Waals surface area contributed by atoms with Gasteiger partial charge in [-0.1, -0.05) is 0 Å². The van der Waals surface area contributed by atoms with Crippen LogP contribution in [-0.2, 0) is 0 Å². The quantitative estimate of drug-likeness (QED) is 0.830. The second kappa shape index (κ2) is 4.55. The molecule has 1 rings (SSSR count). The molecule has 72 valence electrons. The third-order valence-corrected chi connectivity index (χ3v) is 2.33. The number of pyridine rings is 1. The van der Waals surface area contributed by atoms with Crippen LogP contribution in [0.4, 0.5) is 0 Å². The minimum Gasteiger partial charge on any atom is -0.481 e. The predicted octanol–water partition coefficient (Wildman–Crippen LogP) is 0.845. The van der Waals surface area contributed by atoms with Crippen molar-refractivity contribution in [2.45, 2.75) is 6.04 Å². The summed E-state index contributed by atoms with van der Waals surface area (Å²) in [4.78, 5) is 3.97. The van der Waals surface area contributed by atoms with E-state index in [1.54, 1.807) is 12.3 Å². The van der Waals surface area contributed by atoms with Crippen molar-refractivity contribution in [1.29, 1.82) is 0 Å². The molecule has 0 saturated carbocycles. The summed E-state index contributed by atoms with van der Waals surface area (Å²) < 4.78 is 5.71. The molecule has 13 heavy (non-hydrogen) atoms. The van der Waals surface area contributed by atoms with E-state index in [1.165, 1.54) is 7.11 Å². The summed E-state index contributed by atoms with van der Waals surface area (Å²) in [5, 5.41) is 8.87. The lowest BCUT2D eigenvalue weighted by molar-refractivity contribution is 0.267. The molecule has 1 atom stereocenters. The molecule has 1 aromatic heterocycles. The van der Waals surface area contributed by atoms with Gasteiger partial charge >= 0.3 is 0 Å². The molecule has 1 aromatic rings. The zero-order valence-corrected chi connectivity index (χ0v) is 8.78. The second-order valence-electron chi connectivity index (χ2n) is 2.54. The number of hydrogen-bond donors (Lipinski definition) is 2. The smallest absolute Gasteiger partial charge is 0.213 e. The lowest BCUT2D eigenvalue weighted by atomic mass is 10.1. The third kappa shape index (κ3) is 2.40. The number of nitrogens with two attached hydrogens (primary N) is 1. The standard InChI is InChI=1S/C8H11BrN2O2/c1-13-8-2-5(7(10)4-12)6(9)3-11-8/h2-3,7,12H,4,10H2,1H3. The number of aromatic nitrogens is 1. The van der Waals surface area contributed by atoms with E-state index in [0.717, 1.165) is 10.0 Å². The summed E-state index contributed by atoms with van der Waals surface area (Å²) in [7, 11) is 1.53. The Morgan fingerprint density at radius 1 is 1.77 bits per heavy atom. The van der Waals surface area contributed by atoms with Crippen molar-refractivity contribution in [1.82, 2.24) is 4.98 Å². The fourth-order valence-electron chi connectivity index (χ4n) is 0.928. The summed E-state index contributed by atoms with van der Waals surface area (Å²) in [6.45, 7) is -0.105. The Morgan fingerprint density at radius 2 is 2.46 bits per heavy atom. The van der Waals surface area contributed by atoms with Crippen LogP contribution in [0.5, 0.6) is 5.88 Å². The Morgan fingerprint density at radius 3 is 3.00 bits per heavy atom. The normalized spacial score (nSPS) is 12.6. The molecule has 0 aliphatic carbocycles. The van der Waals surface area contributed by atoms with Gasteiger partial charge in [0.05, 0.1) is 19.8 Å². The monoisotopic (exact) mass is 246 g/mol. The molecule has 0 radical (unpaired) electrons. The van der Waals surface area contributed by atoms with Gasteiger partial charge in [0.25, 0.3) is 0 Å². The van der Waals surface area contributed by atoms with Crippen molar-refractivity contribution < 1.29 is 9.84 Å². The molecule has 0 aliphatic heterocycles. The number of aliphatic hydroxyl groups is 1. The Balaban J connectivity index is 3.03. The topological polar surface area (TPSA) is 68.4 Å². The summed E-state index contributed by atoms with van der Waals surface area (Å²) in [6.07, 6.45) is 1.60. The Hall–Kier alpha value is -0.650. The van der Waals surface area contributed by atoms with Crippen molar-refractivity contribution in [3.63, 3.8) is 0 Å². The number of ether oxygens (including phenoxy) is 1. The van der Waals surface area contributed by atoms with Gasteiger partial charge in [-0.05, 0) is 21.5 Å². The van der Waals surface area contributed by atoms with Crippen molar-refractivity contribution in [2.24, 2.45) is 5.73 Å². The molecule has 0 saturated heterocycles. The molecular weight excluding hydrogens is 236 g/mol.